The highest BCUT2D eigenvalue weighted by molar-refractivity contribution is 7.46. The van der Waals surface area contributed by atoms with Gasteiger partial charge < -0.3 is 74.4 Å². The summed E-state index contributed by atoms with van der Waals surface area (Å²) < 4.78 is 54.8. The molecule has 105 heavy (non-hydrogen) atoms. The third kappa shape index (κ3) is 50.6. The number of carbonyl (C=O) groups is 5. The lowest BCUT2D eigenvalue weighted by Gasteiger charge is -2.46. The van der Waals surface area contributed by atoms with E-state index in [2.05, 4.69) is 45.3 Å². The van der Waals surface area contributed by atoms with Gasteiger partial charge in [0.15, 0.2) is 18.7 Å². The standard InChI is InChI=1S/C82H155N2O20P/c1-6-11-16-21-26-31-33-38-43-48-53-58-72(89)99-66(56-51-46-41-36-29-24-19-14-9-4)61-71(88)84-76-80(103-74(91)62-67(57-52-47-42-37-30-25-20-15-10-5)100-73(90)59-54-49-44-39-34-32-27-22-17-12-7-2)79(104-105(95,96)97)68(63-85)102-82(76)98-64-69-77(92)78(93)75(81(94)101-69)83-70(87)60-65(86)55-50-45-40-35-28-23-18-13-8-3/h65-69,75-82,85-86,92-94H,6-64H2,1-5H3,(H,83,87)(H,84,88)(H2,95,96,97)/t65-,66-,67-,68-,69-,75-,76-,77-,78-,79-,80-,81+,82-/m1/s1. The number of ether oxygens (including phenoxy) is 6. The van der Waals surface area contributed by atoms with Crippen molar-refractivity contribution in [3.05, 3.63) is 0 Å². The second kappa shape index (κ2) is 64.8. The van der Waals surface area contributed by atoms with Gasteiger partial charge in [0.2, 0.25) is 11.8 Å². The second-order valence-corrected chi connectivity index (χ2v) is 31.9. The highest BCUT2D eigenvalue weighted by atomic mass is 31.2. The molecule has 0 unspecified atom stereocenters. The van der Waals surface area contributed by atoms with E-state index in [4.69, 9.17) is 32.9 Å². The Morgan fingerprint density at radius 2 is 0.743 bits per heavy atom. The van der Waals surface area contributed by atoms with Gasteiger partial charge in [-0.3, -0.25) is 28.5 Å². The molecule has 618 valence electrons. The van der Waals surface area contributed by atoms with Crippen molar-refractivity contribution in [3.8, 4) is 0 Å². The predicted octanol–water partition coefficient (Wildman–Crippen LogP) is 17.0. The summed E-state index contributed by atoms with van der Waals surface area (Å²) >= 11 is 0. The fourth-order valence-electron chi connectivity index (χ4n) is 14.4. The van der Waals surface area contributed by atoms with Crippen molar-refractivity contribution in [1.29, 1.82) is 0 Å². The van der Waals surface area contributed by atoms with Crippen LogP contribution in [0, 0.1) is 0 Å². The minimum absolute atomic E-state index is 0.130. The van der Waals surface area contributed by atoms with Gasteiger partial charge in [0, 0.05) is 12.8 Å². The molecule has 2 aliphatic rings. The van der Waals surface area contributed by atoms with Gasteiger partial charge in [-0.05, 0) is 44.9 Å². The molecule has 0 aromatic heterocycles. The molecule has 0 aromatic rings. The maximum absolute atomic E-state index is 14.8. The SMILES string of the molecule is CCCCCCCCCCCCCC(=O)O[C@H](CCCCCCCCCCC)CC(=O)N[C@H]1[C@H](OC[C@H]2O[C@H](O)[C@H](NC(=O)C[C@H](O)CCCCCCCCCCC)[C@@H](O)[C@@H]2O)O[C@H](CO)[C@@H](OP(=O)(O)O)[C@@H]1OC(=O)C[C@@H](CCCCCCCCCCC)OC(=O)CCCCCCCCCCCCC. The van der Waals surface area contributed by atoms with E-state index in [-0.39, 0.29) is 19.3 Å². The first-order chi connectivity index (χ1) is 50.8. The normalized spacial score (nSPS) is 21.4. The van der Waals surface area contributed by atoms with Crippen LogP contribution in [0.2, 0.25) is 0 Å². The number of aliphatic hydroxyl groups is 5. The Hall–Kier alpha value is -2.86. The molecule has 2 rings (SSSR count). The lowest BCUT2D eigenvalue weighted by molar-refractivity contribution is -0.297. The zero-order valence-corrected chi connectivity index (χ0v) is 67.5. The molecule has 2 fully saturated rings. The predicted molar refractivity (Wildman–Crippen MR) is 413 cm³/mol. The van der Waals surface area contributed by atoms with Gasteiger partial charge in [-0.2, -0.15) is 0 Å². The average Bonchev–Trinajstić information content (AvgIpc) is 0.771. The van der Waals surface area contributed by atoms with Crippen molar-refractivity contribution >= 4 is 37.5 Å². The van der Waals surface area contributed by atoms with Crippen molar-refractivity contribution in [3.63, 3.8) is 0 Å². The van der Waals surface area contributed by atoms with Gasteiger partial charge in [-0.15, -0.1) is 0 Å². The third-order valence-corrected chi connectivity index (χ3v) is 21.4. The van der Waals surface area contributed by atoms with E-state index in [9.17, 15) is 63.9 Å². The van der Waals surface area contributed by atoms with Crippen LogP contribution in [0.5, 0.6) is 0 Å². The highest BCUT2D eigenvalue weighted by Crippen LogP contribution is 2.43. The van der Waals surface area contributed by atoms with Crippen molar-refractivity contribution in [2.24, 2.45) is 0 Å². The minimum Gasteiger partial charge on any atom is -0.462 e. The first kappa shape index (κ1) is 98.2. The first-order valence-corrected chi connectivity index (χ1v) is 44.5. The van der Waals surface area contributed by atoms with Crippen molar-refractivity contribution in [2.45, 2.75) is 480 Å². The second-order valence-electron chi connectivity index (χ2n) is 30.7. The Bertz CT molecular complexity index is 2180. The number of unbranched alkanes of at least 4 members (excludes halogenated alkanes) is 44. The number of nitrogens with one attached hydrogen (secondary N) is 2. The molecule has 0 radical (unpaired) electrons. The Balaban J connectivity index is 2.52. The Labute approximate surface area is 635 Å². The molecule has 0 saturated carbocycles. The average molecular weight is 1520 g/mol. The molecule has 0 bridgehead atoms. The quantitative estimate of drug-likeness (QED) is 0.0118. The molecule has 2 aliphatic heterocycles. The molecule has 2 amide bonds. The van der Waals surface area contributed by atoms with E-state index < -0.39 is 143 Å². The van der Waals surface area contributed by atoms with Gasteiger partial charge in [0.25, 0.3) is 0 Å². The summed E-state index contributed by atoms with van der Waals surface area (Å²) in [6, 6.07) is -3.31. The van der Waals surface area contributed by atoms with Crippen LogP contribution in [0.15, 0.2) is 0 Å². The lowest BCUT2D eigenvalue weighted by atomic mass is 9.95. The molecule has 0 spiro atoms. The maximum atomic E-state index is 14.8. The van der Waals surface area contributed by atoms with Gasteiger partial charge in [-0.1, -0.05) is 324 Å². The van der Waals surface area contributed by atoms with Gasteiger partial charge in [-0.25, -0.2) is 4.57 Å². The molecule has 2 saturated heterocycles. The van der Waals surface area contributed by atoms with E-state index in [1.54, 1.807) is 0 Å². The molecule has 23 heteroatoms. The zero-order valence-electron chi connectivity index (χ0n) is 66.6. The first-order valence-electron chi connectivity index (χ1n) is 43.0. The third-order valence-electron chi connectivity index (χ3n) is 20.8. The van der Waals surface area contributed by atoms with Crippen LogP contribution in [0.25, 0.3) is 0 Å². The van der Waals surface area contributed by atoms with Gasteiger partial charge >= 0.3 is 25.7 Å². The zero-order chi connectivity index (χ0) is 77.0. The molecule has 0 aromatic carbocycles. The number of hydrogen-bond donors (Lipinski definition) is 9. The number of esters is 3. The summed E-state index contributed by atoms with van der Waals surface area (Å²) in [6.07, 6.45) is 34.5. The van der Waals surface area contributed by atoms with Crippen molar-refractivity contribution in [2.75, 3.05) is 13.2 Å². The molecule has 0 aliphatic carbocycles. The number of rotatable bonds is 71. The summed E-state index contributed by atoms with van der Waals surface area (Å²) in [5.41, 5.74) is 0. The fourth-order valence-corrected chi connectivity index (χ4v) is 15.0. The lowest BCUT2D eigenvalue weighted by Crippen LogP contribution is -2.67. The topological polar surface area (TPSA) is 333 Å². The smallest absolute Gasteiger partial charge is 0.462 e. The molecular weight excluding hydrogens is 1360 g/mol. The Kier molecular flexibility index (Phi) is 60.6. The summed E-state index contributed by atoms with van der Waals surface area (Å²) in [7, 11) is -5.56. The van der Waals surface area contributed by atoms with Crippen LogP contribution in [-0.2, 0) is 61.5 Å². The monoisotopic (exact) mass is 1520 g/mol. The van der Waals surface area contributed by atoms with E-state index in [1.807, 2.05) is 0 Å². The summed E-state index contributed by atoms with van der Waals surface area (Å²) in [4.78, 5) is 91.0. The number of phosphoric ester groups is 1. The highest BCUT2D eigenvalue weighted by Gasteiger charge is 2.53. The van der Waals surface area contributed by atoms with Crippen LogP contribution < -0.4 is 10.6 Å². The summed E-state index contributed by atoms with van der Waals surface area (Å²) in [6.45, 7) is 9.19. The molecular formula is C82H155N2O20P. The number of carbonyl (C=O) groups excluding carboxylic acids is 5. The van der Waals surface area contributed by atoms with Crippen LogP contribution in [0.1, 0.15) is 401 Å². The fraction of sp³-hybridized carbons (Fsp3) is 0.939. The van der Waals surface area contributed by atoms with Gasteiger partial charge in [0.1, 0.15) is 54.8 Å². The van der Waals surface area contributed by atoms with Crippen molar-refractivity contribution < 1.29 is 96.8 Å². The van der Waals surface area contributed by atoms with Gasteiger partial charge in [0.05, 0.1) is 38.6 Å². The van der Waals surface area contributed by atoms with Crippen molar-refractivity contribution in [1.82, 2.24) is 10.6 Å². The summed E-state index contributed by atoms with van der Waals surface area (Å²) in [5, 5.41) is 61.3. The summed E-state index contributed by atoms with van der Waals surface area (Å²) in [5.74, 6) is -3.45. The van der Waals surface area contributed by atoms with Crippen LogP contribution >= 0.6 is 7.82 Å². The van der Waals surface area contributed by atoms with Crippen LogP contribution in [0.4, 0.5) is 0 Å². The largest absolute Gasteiger partial charge is 0.470 e. The number of amides is 2. The van der Waals surface area contributed by atoms with E-state index >= 15 is 0 Å². The van der Waals surface area contributed by atoms with E-state index in [0.717, 1.165) is 154 Å². The molecule has 2 heterocycles. The van der Waals surface area contributed by atoms with E-state index in [0.29, 0.717) is 51.4 Å². The molecule has 9 N–H and O–H groups in total. The minimum atomic E-state index is -5.56. The van der Waals surface area contributed by atoms with Crippen LogP contribution in [-0.4, -0.2) is 158 Å². The maximum Gasteiger partial charge on any atom is 0.470 e. The van der Waals surface area contributed by atoms with Crippen LogP contribution in [0.3, 0.4) is 0 Å². The molecule has 13 atom stereocenters. The van der Waals surface area contributed by atoms with E-state index in [1.165, 1.54) is 128 Å². The Morgan fingerprint density at radius 1 is 0.400 bits per heavy atom. The number of phosphoric acid groups is 1. The number of aliphatic hydroxyl groups excluding tert-OH is 5. The number of hydrogen-bond acceptors (Lipinski definition) is 18. The Morgan fingerprint density at radius 3 is 1.12 bits per heavy atom. The molecule has 22 nitrogen and oxygen atoms in total.